The Bertz CT molecular complexity index is 155. The summed E-state index contributed by atoms with van der Waals surface area (Å²) in [6, 6.07) is 0. The average Bonchev–Trinajstić information content (AvgIpc) is 2.27. The monoisotopic (exact) mass is 230 g/mol. The van der Waals surface area contributed by atoms with Gasteiger partial charge in [0.1, 0.15) is 0 Å². The van der Waals surface area contributed by atoms with Crippen LogP contribution in [0.5, 0.6) is 0 Å². The van der Waals surface area contributed by atoms with Gasteiger partial charge >= 0.3 is 0 Å². The van der Waals surface area contributed by atoms with Gasteiger partial charge in [-0.15, -0.1) is 11.6 Å². The summed E-state index contributed by atoms with van der Waals surface area (Å²) in [5.41, 5.74) is 0. The topological polar surface area (TPSA) is 0 Å². The highest BCUT2D eigenvalue weighted by Gasteiger charge is 2.23. The van der Waals surface area contributed by atoms with E-state index in [0.717, 1.165) is 11.8 Å². The van der Waals surface area contributed by atoms with Crippen LogP contribution in [0.15, 0.2) is 0 Å². The third-order valence-corrected chi connectivity index (χ3v) is 4.48. The molecule has 0 nitrogen and oxygen atoms in total. The van der Waals surface area contributed by atoms with E-state index in [2.05, 4.69) is 13.8 Å². The molecule has 1 heteroatoms. The first kappa shape index (κ1) is 13.4. The standard InChI is InChI=1S/C14H27Cl/c1-3-7-14(15)11-10-13-9-6-5-8-12(13)4-2/h12-14H,3-11H2,1-2H3. The second-order valence-corrected chi connectivity index (χ2v) is 5.79. The van der Waals surface area contributed by atoms with Gasteiger partial charge in [0.05, 0.1) is 0 Å². The minimum Gasteiger partial charge on any atom is -0.123 e. The summed E-state index contributed by atoms with van der Waals surface area (Å²) in [6.45, 7) is 4.58. The summed E-state index contributed by atoms with van der Waals surface area (Å²) in [7, 11) is 0. The maximum absolute atomic E-state index is 6.29. The van der Waals surface area contributed by atoms with E-state index in [4.69, 9.17) is 11.6 Å². The van der Waals surface area contributed by atoms with Crippen molar-refractivity contribution in [2.24, 2.45) is 11.8 Å². The first-order valence-corrected chi connectivity index (χ1v) is 7.35. The molecule has 0 aromatic carbocycles. The highest BCUT2D eigenvalue weighted by molar-refractivity contribution is 6.20. The molecule has 1 saturated carbocycles. The zero-order valence-corrected chi connectivity index (χ0v) is 11.2. The van der Waals surface area contributed by atoms with Gasteiger partial charge < -0.3 is 0 Å². The lowest BCUT2D eigenvalue weighted by Gasteiger charge is -2.31. The zero-order valence-electron chi connectivity index (χ0n) is 10.5. The summed E-state index contributed by atoms with van der Waals surface area (Å²) >= 11 is 6.29. The van der Waals surface area contributed by atoms with Crippen molar-refractivity contribution in [3.05, 3.63) is 0 Å². The van der Waals surface area contributed by atoms with Gasteiger partial charge in [-0.3, -0.25) is 0 Å². The van der Waals surface area contributed by atoms with Gasteiger partial charge in [0.15, 0.2) is 0 Å². The Hall–Kier alpha value is 0.290. The highest BCUT2D eigenvalue weighted by Crippen LogP contribution is 2.35. The fourth-order valence-electron chi connectivity index (χ4n) is 3.05. The molecule has 90 valence electrons. The number of rotatable bonds is 6. The Morgan fingerprint density at radius 3 is 2.33 bits per heavy atom. The first-order chi connectivity index (χ1) is 7.27. The number of hydrogen-bond acceptors (Lipinski definition) is 0. The Kier molecular flexibility index (Phi) is 6.72. The maximum Gasteiger partial charge on any atom is 0.0336 e. The van der Waals surface area contributed by atoms with Gasteiger partial charge in [-0.05, 0) is 31.1 Å². The molecule has 0 radical (unpaired) electrons. The van der Waals surface area contributed by atoms with Crippen molar-refractivity contribution in [2.45, 2.75) is 77.0 Å². The Morgan fingerprint density at radius 1 is 1.07 bits per heavy atom. The van der Waals surface area contributed by atoms with Crippen LogP contribution in [0.1, 0.15) is 71.6 Å². The van der Waals surface area contributed by atoms with Crippen LogP contribution in [0.2, 0.25) is 0 Å². The van der Waals surface area contributed by atoms with Crippen LogP contribution in [0.25, 0.3) is 0 Å². The number of hydrogen-bond donors (Lipinski definition) is 0. The Morgan fingerprint density at radius 2 is 1.73 bits per heavy atom. The van der Waals surface area contributed by atoms with Crippen LogP contribution in [-0.4, -0.2) is 5.38 Å². The third kappa shape index (κ3) is 4.76. The van der Waals surface area contributed by atoms with E-state index in [1.54, 1.807) is 0 Å². The van der Waals surface area contributed by atoms with E-state index in [1.807, 2.05) is 0 Å². The summed E-state index contributed by atoms with van der Waals surface area (Å²) < 4.78 is 0. The molecule has 0 spiro atoms. The lowest BCUT2D eigenvalue weighted by atomic mass is 9.75. The van der Waals surface area contributed by atoms with Crippen molar-refractivity contribution in [2.75, 3.05) is 0 Å². The SMILES string of the molecule is CCCC(Cl)CCC1CCCCC1CC. The van der Waals surface area contributed by atoms with Gasteiger partial charge in [0.2, 0.25) is 0 Å². The highest BCUT2D eigenvalue weighted by atomic mass is 35.5. The van der Waals surface area contributed by atoms with Crippen molar-refractivity contribution in [3.63, 3.8) is 0 Å². The summed E-state index contributed by atoms with van der Waals surface area (Å²) in [5.74, 6) is 1.99. The molecule has 0 heterocycles. The molecule has 1 rings (SSSR count). The van der Waals surface area contributed by atoms with E-state index in [9.17, 15) is 0 Å². The Labute approximate surface area is 101 Å². The molecule has 0 aromatic heterocycles. The van der Waals surface area contributed by atoms with Gasteiger partial charge in [0, 0.05) is 5.38 Å². The maximum atomic E-state index is 6.29. The predicted molar refractivity (Wildman–Crippen MR) is 69.5 cm³/mol. The first-order valence-electron chi connectivity index (χ1n) is 6.92. The van der Waals surface area contributed by atoms with Gasteiger partial charge in [0.25, 0.3) is 0 Å². The van der Waals surface area contributed by atoms with Crippen molar-refractivity contribution in [1.82, 2.24) is 0 Å². The zero-order chi connectivity index (χ0) is 11.1. The van der Waals surface area contributed by atoms with E-state index < -0.39 is 0 Å². The smallest absolute Gasteiger partial charge is 0.0336 e. The van der Waals surface area contributed by atoms with Gasteiger partial charge in [-0.2, -0.15) is 0 Å². The summed E-state index contributed by atoms with van der Waals surface area (Å²) in [5, 5.41) is 0.439. The summed E-state index contributed by atoms with van der Waals surface area (Å²) in [6.07, 6.45) is 12.3. The molecule has 15 heavy (non-hydrogen) atoms. The number of alkyl halides is 1. The second kappa shape index (κ2) is 7.54. The van der Waals surface area contributed by atoms with Crippen molar-refractivity contribution in [3.8, 4) is 0 Å². The molecular weight excluding hydrogens is 204 g/mol. The molecule has 1 fully saturated rings. The average molecular weight is 231 g/mol. The molecule has 0 saturated heterocycles. The lowest BCUT2D eigenvalue weighted by molar-refractivity contribution is 0.213. The summed E-state index contributed by atoms with van der Waals surface area (Å²) in [4.78, 5) is 0. The van der Waals surface area contributed by atoms with E-state index in [0.29, 0.717) is 5.38 Å². The molecule has 1 aliphatic carbocycles. The molecule has 3 unspecified atom stereocenters. The van der Waals surface area contributed by atoms with Crippen LogP contribution < -0.4 is 0 Å². The molecule has 0 N–H and O–H groups in total. The van der Waals surface area contributed by atoms with Crippen LogP contribution in [-0.2, 0) is 0 Å². The van der Waals surface area contributed by atoms with Crippen molar-refractivity contribution >= 4 is 11.6 Å². The van der Waals surface area contributed by atoms with Gasteiger partial charge in [-0.25, -0.2) is 0 Å². The Balaban J connectivity index is 2.22. The fourth-order valence-corrected chi connectivity index (χ4v) is 3.40. The third-order valence-electron chi connectivity index (χ3n) is 4.04. The van der Waals surface area contributed by atoms with E-state index in [-0.39, 0.29) is 0 Å². The minimum absolute atomic E-state index is 0.439. The number of halogens is 1. The van der Waals surface area contributed by atoms with Gasteiger partial charge in [-0.1, -0.05) is 52.4 Å². The molecule has 0 aromatic rings. The fraction of sp³-hybridized carbons (Fsp3) is 1.00. The quantitative estimate of drug-likeness (QED) is 0.537. The molecular formula is C14H27Cl. The minimum atomic E-state index is 0.439. The lowest BCUT2D eigenvalue weighted by Crippen LogP contribution is -2.19. The van der Waals surface area contributed by atoms with E-state index >= 15 is 0 Å². The molecule has 0 bridgehead atoms. The van der Waals surface area contributed by atoms with Crippen LogP contribution >= 0.6 is 11.6 Å². The predicted octanol–water partition coefficient (Wildman–Crippen LogP) is 5.39. The normalized spacial score (nSPS) is 29.0. The molecule has 0 amide bonds. The van der Waals surface area contributed by atoms with Crippen molar-refractivity contribution in [1.29, 1.82) is 0 Å². The van der Waals surface area contributed by atoms with Crippen LogP contribution in [0.4, 0.5) is 0 Å². The van der Waals surface area contributed by atoms with Crippen LogP contribution in [0.3, 0.4) is 0 Å². The largest absolute Gasteiger partial charge is 0.123 e. The van der Waals surface area contributed by atoms with E-state index in [1.165, 1.54) is 57.8 Å². The molecule has 3 atom stereocenters. The van der Waals surface area contributed by atoms with Crippen LogP contribution in [0, 0.1) is 11.8 Å². The molecule has 0 aliphatic heterocycles. The second-order valence-electron chi connectivity index (χ2n) is 5.18. The van der Waals surface area contributed by atoms with Crippen molar-refractivity contribution < 1.29 is 0 Å². The molecule has 1 aliphatic rings.